The van der Waals surface area contributed by atoms with Gasteiger partial charge in [-0.05, 0) is 31.2 Å². The molecule has 0 fully saturated rings. The molecule has 0 aliphatic heterocycles. The summed E-state index contributed by atoms with van der Waals surface area (Å²) in [6, 6.07) is 8.87. The molecule has 0 aliphatic rings. The second kappa shape index (κ2) is 6.82. The molecule has 1 heterocycles. The average Bonchev–Trinajstić information content (AvgIpc) is 2.60. The molecule has 0 amide bonds. The highest BCUT2D eigenvalue weighted by molar-refractivity contribution is 7.91. The quantitative estimate of drug-likeness (QED) is 0.735. The van der Waals surface area contributed by atoms with E-state index in [-0.39, 0.29) is 32.9 Å². The van der Waals surface area contributed by atoms with E-state index in [9.17, 15) is 22.0 Å². The Balaban J connectivity index is 2.48. The number of halogens is 2. The van der Waals surface area contributed by atoms with Crippen molar-refractivity contribution in [3.05, 3.63) is 64.2 Å². The number of hydrogen-bond acceptors (Lipinski definition) is 5. The first-order valence-corrected chi connectivity index (χ1v) is 9.90. The lowest BCUT2D eigenvalue weighted by molar-refractivity contribution is 0.151. The number of rotatable bonds is 4. The van der Waals surface area contributed by atoms with Crippen molar-refractivity contribution < 1.29 is 17.2 Å². The topological polar surface area (TPSA) is 95.1 Å². The molecule has 2 N–H and O–H groups in total. The largest absolute Gasteiger partial charge is 0.322 e. The molecule has 0 spiro atoms. The van der Waals surface area contributed by atoms with Crippen LogP contribution in [0.25, 0.3) is 16.6 Å². The zero-order valence-electron chi connectivity index (χ0n) is 14.6. The fourth-order valence-corrected chi connectivity index (χ4v) is 3.77. The van der Waals surface area contributed by atoms with Crippen molar-refractivity contribution in [2.24, 2.45) is 5.73 Å². The number of aromatic nitrogens is 2. The van der Waals surface area contributed by atoms with Gasteiger partial charge >= 0.3 is 0 Å². The Morgan fingerprint density at radius 2 is 1.81 bits per heavy atom. The molecular weight excluding hydrogens is 376 g/mol. The molecule has 2 aromatic carbocycles. The van der Waals surface area contributed by atoms with Crippen LogP contribution in [0.1, 0.15) is 30.8 Å². The van der Waals surface area contributed by atoms with Crippen molar-refractivity contribution in [3.63, 3.8) is 0 Å². The van der Waals surface area contributed by atoms with E-state index in [0.717, 1.165) is 16.9 Å². The number of benzene rings is 2. The number of hydrogen-bond donors (Lipinski definition) is 1. The van der Waals surface area contributed by atoms with E-state index < -0.39 is 27.9 Å². The average molecular weight is 393 g/mol. The summed E-state index contributed by atoms with van der Waals surface area (Å²) in [6.07, 6.45) is -1.73. The Morgan fingerprint density at radius 1 is 1.15 bits per heavy atom. The Morgan fingerprint density at radius 3 is 2.41 bits per heavy atom. The van der Waals surface area contributed by atoms with Gasteiger partial charge in [0, 0.05) is 11.8 Å². The first kappa shape index (κ1) is 19.1. The van der Waals surface area contributed by atoms with Gasteiger partial charge in [0.05, 0.1) is 27.5 Å². The summed E-state index contributed by atoms with van der Waals surface area (Å²) in [7, 11) is -3.71. The first-order valence-electron chi connectivity index (χ1n) is 8.01. The van der Waals surface area contributed by atoms with Gasteiger partial charge in [-0.1, -0.05) is 18.2 Å². The molecule has 1 aromatic heterocycles. The Hall–Kier alpha value is -2.65. The van der Waals surface area contributed by atoms with E-state index in [2.05, 4.69) is 4.98 Å². The zero-order chi connectivity index (χ0) is 19.9. The highest BCUT2D eigenvalue weighted by atomic mass is 32.2. The lowest BCUT2D eigenvalue weighted by Gasteiger charge is -2.17. The van der Waals surface area contributed by atoms with Gasteiger partial charge in [0.1, 0.15) is 5.82 Å². The summed E-state index contributed by atoms with van der Waals surface area (Å²) in [5.41, 5.74) is 5.31. The van der Waals surface area contributed by atoms with Gasteiger partial charge in [0.25, 0.3) is 12.0 Å². The van der Waals surface area contributed by atoms with E-state index in [0.29, 0.717) is 0 Å². The number of nitrogens with zero attached hydrogens (tertiary/aromatic N) is 2. The standard InChI is InChI=1S/C18H17F2N3O3S/c1-10(21)17-22-13-7-4-8-14(27(2,25)26)15(13)18(24)23(17)12-6-3-5-11(9-12)16(19)20/h3-10,16H,21H2,1-2H3. The maximum Gasteiger partial charge on any atom is 0.267 e. The van der Waals surface area contributed by atoms with Crippen LogP contribution in [0.4, 0.5) is 8.78 Å². The molecule has 0 saturated carbocycles. The molecule has 27 heavy (non-hydrogen) atoms. The van der Waals surface area contributed by atoms with Crippen molar-refractivity contribution >= 4 is 20.7 Å². The lowest BCUT2D eigenvalue weighted by Crippen LogP contribution is -2.28. The fraction of sp³-hybridized carbons (Fsp3) is 0.222. The van der Waals surface area contributed by atoms with Crippen molar-refractivity contribution in [1.82, 2.24) is 9.55 Å². The molecule has 0 aliphatic carbocycles. The molecule has 0 saturated heterocycles. The van der Waals surface area contributed by atoms with Gasteiger partial charge in [-0.3, -0.25) is 9.36 Å². The predicted octanol–water partition coefficient (Wildman–Crippen LogP) is 2.75. The van der Waals surface area contributed by atoms with Crippen molar-refractivity contribution in [2.75, 3.05) is 6.26 Å². The van der Waals surface area contributed by atoms with Crippen molar-refractivity contribution in [2.45, 2.75) is 24.3 Å². The molecular formula is C18H17F2N3O3S. The number of alkyl halides is 2. The van der Waals surface area contributed by atoms with E-state index in [1.807, 2.05) is 0 Å². The second-order valence-corrected chi connectivity index (χ2v) is 8.20. The first-order chi connectivity index (χ1) is 12.6. The maximum absolute atomic E-state index is 13.2. The van der Waals surface area contributed by atoms with Crippen LogP contribution in [0, 0.1) is 0 Å². The summed E-state index contributed by atoms with van der Waals surface area (Å²) >= 11 is 0. The number of fused-ring (bicyclic) bond motifs is 1. The van der Waals surface area contributed by atoms with E-state index in [1.165, 1.54) is 36.4 Å². The highest BCUT2D eigenvalue weighted by Crippen LogP contribution is 2.25. The third-order valence-corrected chi connectivity index (χ3v) is 5.21. The van der Waals surface area contributed by atoms with Crippen molar-refractivity contribution in [3.8, 4) is 5.69 Å². The fourth-order valence-electron chi connectivity index (χ4n) is 2.88. The molecule has 3 rings (SSSR count). The smallest absolute Gasteiger partial charge is 0.267 e. The van der Waals surface area contributed by atoms with Crippen LogP contribution in [0.2, 0.25) is 0 Å². The zero-order valence-corrected chi connectivity index (χ0v) is 15.4. The van der Waals surface area contributed by atoms with E-state index >= 15 is 0 Å². The minimum Gasteiger partial charge on any atom is -0.322 e. The van der Waals surface area contributed by atoms with Crippen LogP contribution in [0.15, 0.2) is 52.2 Å². The van der Waals surface area contributed by atoms with Crippen LogP contribution >= 0.6 is 0 Å². The Kier molecular flexibility index (Phi) is 4.83. The molecule has 9 heteroatoms. The maximum atomic E-state index is 13.2. The van der Waals surface area contributed by atoms with Crippen LogP contribution in [-0.2, 0) is 9.84 Å². The summed E-state index contributed by atoms with van der Waals surface area (Å²) in [5, 5.41) is -0.105. The molecule has 142 valence electrons. The van der Waals surface area contributed by atoms with Crippen LogP contribution in [0.5, 0.6) is 0 Å². The monoisotopic (exact) mass is 393 g/mol. The summed E-state index contributed by atoms with van der Waals surface area (Å²) in [4.78, 5) is 17.4. The van der Waals surface area contributed by atoms with Gasteiger partial charge < -0.3 is 5.73 Å². The van der Waals surface area contributed by atoms with Crippen LogP contribution < -0.4 is 11.3 Å². The Bertz CT molecular complexity index is 1190. The summed E-state index contributed by atoms with van der Waals surface area (Å²) in [6.45, 7) is 1.60. The normalized spacial score (nSPS) is 13.3. The predicted molar refractivity (Wildman–Crippen MR) is 98.0 cm³/mol. The van der Waals surface area contributed by atoms with Crippen LogP contribution in [0.3, 0.4) is 0 Å². The van der Waals surface area contributed by atoms with E-state index in [1.54, 1.807) is 6.92 Å². The number of sulfone groups is 1. The SMILES string of the molecule is CC(N)c1nc2cccc(S(C)(=O)=O)c2c(=O)n1-c1cccc(C(F)F)c1. The third kappa shape index (κ3) is 3.47. The lowest BCUT2D eigenvalue weighted by atomic mass is 10.1. The molecule has 0 bridgehead atoms. The molecule has 3 aromatic rings. The van der Waals surface area contributed by atoms with Gasteiger partial charge in [-0.2, -0.15) is 0 Å². The minimum atomic E-state index is -3.71. The minimum absolute atomic E-state index is 0.105. The molecule has 0 radical (unpaired) electrons. The summed E-state index contributed by atoms with van der Waals surface area (Å²) in [5.74, 6) is 0.143. The number of nitrogens with two attached hydrogens (primary N) is 1. The molecule has 1 unspecified atom stereocenters. The highest BCUT2D eigenvalue weighted by Gasteiger charge is 2.21. The van der Waals surface area contributed by atoms with Crippen molar-refractivity contribution in [1.29, 1.82) is 0 Å². The van der Waals surface area contributed by atoms with Gasteiger partial charge in [-0.25, -0.2) is 22.2 Å². The third-order valence-electron chi connectivity index (χ3n) is 4.07. The Labute approximate surface area is 154 Å². The molecule has 6 nitrogen and oxygen atoms in total. The van der Waals surface area contributed by atoms with Gasteiger partial charge in [-0.15, -0.1) is 0 Å². The van der Waals surface area contributed by atoms with Crippen LogP contribution in [-0.4, -0.2) is 24.2 Å². The van der Waals surface area contributed by atoms with Gasteiger partial charge in [0.2, 0.25) is 0 Å². The molecule has 1 atom stereocenters. The second-order valence-electron chi connectivity index (χ2n) is 6.22. The summed E-state index contributed by atoms with van der Waals surface area (Å²) < 4.78 is 51.5. The van der Waals surface area contributed by atoms with E-state index in [4.69, 9.17) is 5.73 Å². The van der Waals surface area contributed by atoms with Gasteiger partial charge in [0.15, 0.2) is 9.84 Å².